The average Bonchev–Trinajstić information content (AvgIpc) is 2.54. The predicted octanol–water partition coefficient (Wildman–Crippen LogP) is 2.03. The zero-order valence-corrected chi connectivity index (χ0v) is 15.3. The summed E-state index contributed by atoms with van der Waals surface area (Å²) in [4.78, 5) is 12.4. The molecule has 0 unspecified atom stereocenters. The highest BCUT2D eigenvalue weighted by molar-refractivity contribution is 7.90. The molecule has 1 aliphatic heterocycles. The summed E-state index contributed by atoms with van der Waals surface area (Å²) in [6.07, 6.45) is 0. The monoisotopic (exact) mass is 380 g/mol. The Bertz CT molecular complexity index is 821. The fourth-order valence-electron chi connectivity index (χ4n) is 2.54. The predicted molar refractivity (Wildman–Crippen MR) is 99.7 cm³/mol. The van der Waals surface area contributed by atoms with E-state index in [2.05, 4.69) is 10.6 Å². The van der Waals surface area contributed by atoms with Crippen molar-refractivity contribution in [1.82, 2.24) is 10.6 Å². The molecule has 0 aromatic heterocycles. The maximum absolute atomic E-state index is 12.6. The molecule has 7 heteroatoms. The Labute approximate surface area is 154 Å². The number of hydrogen-bond donors (Lipinski definition) is 2. The fourth-order valence-corrected chi connectivity index (χ4v) is 3.93. The highest BCUT2D eigenvalue weighted by atomic mass is 35.5. The number of nitrogens with one attached hydrogen (secondary N) is 2. The van der Waals surface area contributed by atoms with E-state index in [1.165, 1.54) is 12.1 Å². The Hall–Kier alpha value is -1.89. The van der Waals surface area contributed by atoms with Gasteiger partial charge in [0.15, 0.2) is 9.84 Å². The molecule has 1 heterocycles. The summed E-state index contributed by atoms with van der Waals surface area (Å²) in [5.41, 5.74) is 1.10. The van der Waals surface area contributed by atoms with Crippen LogP contribution in [0.15, 0.2) is 59.5 Å². The lowest BCUT2D eigenvalue weighted by molar-refractivity contribution is 0.0942. The van der Waals surface area contributed by atoms with Crippen molar-refractivity contribution in [2.45, 2.75) is 10.6 Å². The van der Waals surface area contributed by atoms with Crippen molar-refractivity contribution in [3.05, 3.63) is 65.7 Å². The second-order valence-electron chi connectivity index (χ2n) is 6.01. The quantitative estimate of drug-likeness (QED) is 0.804. The van der Waals surface area contributed by atoms with E-state index in [9.17, 15) is 13.2 Å². The molecule has 0 spiro atoms. The molecule has 0 aliphatic carbocycles. The van der Waals surface area contributed by atoms with E-state index in [0.717, 1.165) is 18.7 Å². The van der Waals surface area contributed by atoms with E-state index in [4.69, 9.17) is 0 Å². The van der Waals surface area contributed by atoms with Crippen molar-refractivity contribution in [3.8, 4) is 0 Å². The van der Waals surface area contributed by atoms with Crippen molar-refractivity contribution in [3.63, 3.8) is 0 Å². The molecule has 1 saturated heterocycles. The van der Waals surface area contributed by atoms with Crippen LogP contribution in [0.3, 0.4) is 0 Å². The van der Waals surface area contributed by atoms with Crippen LogP contribution in [0.2, 0.25) is 0 Å². The molecule has 5 nitrogen and oxygen atoms in total. The topological polar surface area (TPSA) is 75.3 Å². The standard InChI is InChI=1S/C18H20N2O3S.ClH/c21-18(20-12-15-10-19-11-15)16-7-4-8-17(9-16)24(22,23)13-14-5-2-1-3-6-14;/h1-9,15,19H,10-13H2,(H,20,21);1H. The van der Waals surface area contributed by atoms with Crippen LogP contribution in [0, 0.1) is 5.92 Å². The molecule has 0 saturated carbocycles. The van der Waals surface area contributed by atoms with E-state index in [-0.39, 0.29) is 29.0 Å². The van der Waals surface area contributed by atoms with E-state index < -0.39 is 9.84 Å². The van der Waals surface area contributed by atoms with Gasteiger partial charge in [-0.25, -0.2) is 8.42 Å². The van der Waals surface area contributed by atoms with Gasteiger partial charge < -0.3 is 10.6 Å². The molecule has 25 heavy (non-hydrogen) atoms. The second kappa shape index (κ2) is 8.47. The molecule has 2 aromatic carbocycles. The number of sulfone groups is 1. The Balaban J connectivity index is 0.00000225. The Morgan fingerprint density at radius 2 is 1.80 bits per heavy atom. The molecular formula is C18H21ClN2O3S. The third-order valence-corrected chi connectivity index (χ3v) is 5.76. The Kier molecular flexibility index (Phi) is 6.58. The zero-order valence-electron chi connectivity index (χ0n) is 13.6. The zero-order chi connectivity index (χ0) is 17.0. The fraction of sp³-hybridized carbons (Fsp3) is 0.278. The third-order valence-electron chi connectivity index (χ3n) is 4.07. The van der Waals surface area contributed by atoms with Gasteiger partial charge in [-0.2, -0.15) is 0 Å². The summed E-state index contributed by atoms with van der Waals surface area (Å²) in [6, 6.07) is 15.2. The van der Waals surface area contributed by atoms with Crippen LogP contribution in [0.1, 0.15) is 15.9 Å². The summed E-state index contributed by atoms with van der Waals surface area (Å²) >= 11 is 0. The summed E-state index contributed by atoms with van der Waals surface area (Å²) < 4.78 is 25.1. The first-order chi connectivity index (χ1) is 11.5. The number of hydrogen-bond acceptors (Lipinski definition) is 4. The van der Waals surface area contributed by atoms with Gasteiger partial charge in [-0.15, -0.1) is 12.4 Å². The first-order valence-electron chi connectivity index (χ1n) is 7.90. The summed E-state index contributed by atoms with van der Waals surface area (Å²) in [5, 5.41) is 6.00. The number of carbonyl (C=O) groups excluding carboxylic acids is 1. The lowest BCUT2D eigenvalue weighted by atomic mass is 10.0. The summed E-state index contributed by atoms with van der Waals surface area (Å²) in [7, 11) is -3.48. The van der Waals surface area contributed by atoms with Crippen LogP contribution in [-0.4, -0.2) is 34.0 Å². The minimum Gasteiger partial charge on any atom is -0.352 e. The number of carbonyl (C=O) groups is 1. The lowest BCUT2D eigenvalue weighted by Crippen LogP contribution is -2.48. The molecule has 2 aromatic rings. The van der Waals surface area contributed by atoms with Crippen LogP contribution in [0.25, 0.3) is 0 Å². The second-order valence-corrected chi connectivity index (χ2v) is 8.00. The van der Waals surface area contributed by atoms with Crippen LogP contribution in [-0.2, 0) is 15.6 Å². The maximum Gasteiger partial charge on any atom is 0.251 e. The van der Waals surface area contributed by atoms with Gasteiger partial charge in [0.25, 0.3) is 5.91 Å². The van der Waals surface area contributed by atoms with E-state index >= 15 is 0 Å². The molecular weight excluding hydrogens is 360 g/mol. The van der Waals surface area contributed by atoms with Gasteiger partial charge in [0, 0.05) is 31.1 Å². The van der Waals surface area contributed by atoms with Crippen LogP contribution in [0.5, 0.6) is 0 Å². The van der Waals surface area contributed by atoms with Crippen molar-refractivity contribution in [2.75, 3.05) is 19.6 Å². The summed E-state index contributed by atoms with van der Waals surface area (Å²) in [5.74, 6) is 0.143. The SMILES string of the molecule is Cl.O=C(NCC1CNC1)c1cccc(S(=O)(=O)Cc2ccccc2)c1. The lowest BCUT2D eigenvalue weighted by Gasteiger charge is -2.27. The van der Waals surface area contributed by atoms with Crippen molar-refractivity contribution < 1.29 is 13.2 Å². The normalized spacial score (nSPS) is 14.2. The number of halogens is 1. The van der Waals surface area contributed by atoms with Gasteiger partial charge in [-0.05, 0) is 23.8 Å². The van der Waals surface area contributed by atoms with Gasteiger partial charge in [0.2, 0.25) is 0 Å². The molecule has 1 aliphatic rings. The average molecular weight is 381 g/mol. The Morgan fingerprint density at radius 1 is 1.08 bits per heavy atom. The number of rotatable bonds is 6. The van der Waals surface area contributed by atoms with E-state index in [1.807, 2.05) is 18.2 Å². The molecule has 1 amide bonds. The van der Waals surface area contributed by atoms with Gasteiger partial charge in [-0.1, -0.05) is 36.4 Å². The molecule has 0 radical (unpaired) electrons. The number of benzene rings is 2. The molecule has 0 atom stereocenters. The van der Waals surface area contributed by atoms with Crippen LogP contribution in [0.4, 0.5) is 0 Å². The first-order valence-corrected chi connectivity index (χ1v) is 9.55. The van der Waals surface area contributed by atoms with Crippen molar-refractivity contribution >= 4 is 28.2 Å². The molecule has 134 valence electrons. The minimum atomic E-state index is -3.48. The minimum absolute atomic E-state index is 0. The molecule has 1 fully saturated rings. The van der Waals surface area contributed by atoms with Crippen LogP contribution < -0.4 is 10.6 Å². The number of amides is 1. The Morgan fingerprint density at radius 3 is 2.44 bits per heavy atom. The summed E-state index contributed by atoms with van der Waals surface area (Å²) in [6.45, 7) is 2.42. The highest BCUT2D eigenvalue weighted by Gasteiger charge is 2.19. The van der Waals surface area contributed by atoms with Crippen molar-refractivity contribution in [2.24, 2.45) is 5.92 Å². The van der Waals surface area contributed by atoms with Gasteiger partial charge in [-0.3, -0.25) is 4.79 Å². The molecule has 2 N–H and O–H groups in total. The third kappa shape index (κ3) is 5.04. The van der Waals surface area contributed by atoms with Gasteiger partial charge >= 0.3 is 0 Å². The van der Waals surface area contributed by atoms with Crippen LogP contribution >= 0.6 is 12.4 Å². The van der Waals surface area contributed by atoms with Gasteiger partial charge in [0.05, 0.1) is 10.6 Å². The van der Waals surface area contributed by atoms with Gasteiger partial charge in [0.1, 0.15) is 0 Å². The maximum atomic E-state index is 12.6. The van der Waals surface area contributed by atoms with E-state index in [0.29, 0.717) is 18.0 Å². The van der Waals surface area contributed by atoms with E-state index in [1.54, 1.807) is 24.3 Å². The largest absolute Gasteiger partial charge is 0.352 e. The highest BCUT2D eigenvalue weighted by Crippen LogP contribution is 2.18. The van der Waals surface area contributed by atoms with Crippen molar-refractivity contribution in [1.29, 1.82) is 0 Å². The first kappa shape index (κ1) is 19.4. The molecule has 0 bridgehead atoms. The smallest absolute Gasteiger partial charge is 0.251 e. The molecule has 3 rings (SSSR count).